The molecule has 2 aromatic rings. The van der Waals surface area contributed by atoms with Crippen LogP contribution in [-0.2, 0) is 13.6 Å². The standard InChI is InChI=1S/C14H17ClFN3/c1-9(2)14-10(8-19(3)18-14)7-17-11-4-5-13(16)12(15)6-11/h4-6,8-9,17H,7H2,1-3H3. The van der Waals surface area contributed by atoms with E-state index in [4.69, 9.17) is 11.6 Å². The Morgan fingerprint density at radius 1 is 1.42 bits per heavy atom. The highest BCUT2D eigenvalue weighted by Gasteiger charge is 2.11. The Labute approximate surface area is 117 Å². The van der Waals surface area contributed by atoms with Crippen LogP contribution in [0.25, 0.3) is 0 Å². The number of rotatable bonds is 4. The van der Waals surface area contributed by atoms with Gasteiger partial charge in [0, 0.05) is 31.0 Å². The predicted octanol–water partition coefficient (Wildman–Crippen LogP) is 3.95. The van der Waals surface area contributed by atoms with Crippen molar-refractivity contribution >= 4 is 17.3 Å². The van der Waals surface area contributed by atoms with Gasteiger partial charge in [-0.1, -0.05) is 25.4 Å². The lowest BCUT2D eigenvalue weighted by molar-refractivity contribution is 0.628. The Balaban J connectivity index is 2.12. The van der Waals surface area contributed by atoms with Crippen molar-refractivity contribution in [3.63, 3.8) is 0 Å². The largest absolute Gasteiger partial charge is 0.381 e. The van der Waals surface area contributed by atoms with Crippen LogP contribution in [0.3, 0.4) is 0 Å². The van der Waals surface area contributed by atoms with Gasteiger partial charge in [-0.05, 0) is 24.1 Å². The van der Waals surface area contributed by atoms with E-state index in [1.54, 1.807) is 12.1 Å². The Morgan fingerprint density at radius 2 is 2.16 bits per heavy atom. The molecule has 1 aromatic carbocycles. The third-order valence-corrected chi connectivity index (χ3v) is 3.18. The number of aryl methyl sites for hydroxylation is 1. The summed E-state index contributed by atoms with van der Waals surface area (Å²) >= 11 is 5.75. The molecule has 0 amide bonds. The molecule has 0 bridgehead atoms. The zero-order valence-electron chi connectivity index (χ0n) is 11.2. The SMILES string of the molecule is CC(C)c1nn(C)cc1CNc1ccc(F)c(Cl)c1. The Morgan fingerprint density at radius 3 is 2.79 bits per heavy atom. The van der Waals surface area contributed by atoms with Gasteiger partial charge in [-0.2, -0.15) is 5.10 Å². The molecular weight excluding hydrogens is 265 g/mol. The fourth-order valence-electron chi connectivity index (χ4n) is 1.98. The first-order valence-corrected chi connectivity index (χ1v) is 6.56. The Bertz CT molecular complexity index is 578. The van der Waals surface area contributed by atoms with Crippen LogP contribution in [-0.4, -0.2) is 9.78 Å². The van der Waals surface area contributed by atoms with Gasteiger partial charge in [-0.3, -0.25) is 4.68 Å². The van der Waals surface area contributed by atoms with Crippen LogP contribution in [0.1, 0.15) is 31.0 Å². The second-order valence-corrected chi connectivity index (χ2v) is 5.26. The van der Waals surface area contributed by atoms with Crippen LogP contribution in [0, 0.1) is 5.82 Å². The topological polar surface area (TPSA) is 29.9 Å². The van der Waals surface area contributed by atoms with Crippen molar-refractivity contribution in [1.82, 2.24) is 9.78 Å². The highest BCUT2D eigenvalue weighted by molar-refractivity contribution is 6.31. The molecule has 1 aromatic heterocycles. The number of aromatic nitrogens is 2. The molecule has 0 fully saturated rings. The average molecular weight is 282 g/mol. The van der Waals surface area contributed by atoms with E-state index in [9.17, 15) is 4.39 Å². The van der Waals surface area contributed by atoms with E-state index in [-0.39, 0.29) is 5.02 Å². The molecule has 0 radical (unpaired) electrons. The summed E-state index contributed by atoms with van der Waals surface area (Å²) in [7, 11) is 1.91. The second kappa shape index (κ2) is 5.61. The van der Waals surface area contributed by atoms with Crippen LogP contribution in [0.2, 0.25) is 5.02 Å². The van der Waals surface area contributed by atoms with E-state index < -0.39 is 5.82 Å². The first-order chi connectivity index (χ1) is 8.97. The maximum atomic E-state index is 13.1. The number of nitrogens with zero attached hydrogens (tertiary/aromatic N) is 2. The summed E-state index contributed by atoms with van der Waals surface area (Å²) in [5, 5.41) is 7.80. The van der Waals surface area contributed by atoms with Gasteiger partial charge in [0.1, 0.15) is 5.82 Å². The molecule has 1 N–H and O–H groups in total. The molecule has 0 saturated carbocycles. The van der Waals surface area contributed by atoms with E-state index in [1.165, 1.54) is 6.07 Å². The molecule has 5 heteroatoms. The summed E-state index contributed by atoms with van der Waals surface area (Å²) in [6.45, 7) is 4.87. The third-order valence-electron chi connectivity index (χ3n) is 2.89. The molecule has 3 nitrogen and oxygen atoms in total. The van der Waals surface area contributed by atoms with Crippen molar-refractivity contribution < 1.29 is 4.39 Å². The molecule has 0 unspecified atom stereocenters. The zero-order chi connectivity index (χ0) is 14.0. The third kappa shape index (κ3) is 3.26. The molecule has 0 atom stereocenters. The number of anilines is 1. The van der Waals surface area contributed by atoms with Crippen LogP contribution in [0.5, 0.6) is 0 Å². The van der Waals surface area contributed by atoms with E-state index in [0.717, 1.165) is 16.9 Å². The molecule has 2 rings (SSSR count). The molecule has 0 aliphatic rings. The molecule has 0 aliphatic carbocycles. The maximum Gasteiger partial charge on any atom is 0.141 e. The predicted molar refractivity (Wildman–Crippen MR) is 76.0 cm³/mol. The van der Waals surface area contributed by atoms with Gasteiger partial charge in [0.2, 0.25) is 0 Å². The fourth-order valence-corrected chi connectivity index (χ4v) is 2.16. The maximum absolute atomic E-state index is 13.1. The first-order valence-electron chi connectivity index (χ1n) is 6.18. The number of nitrogens with one attached hydrogen (secondary N) is 1. The van der Waals surface area contributed by atoms with E-state index in [0.29, 0.717) is 12.5 Å². The summed E-state index contributed by atoms with van der Waals surface area (Å²) in [4.78, 5) is 0. The van der Waals surface area contributed by atoms with Crippen molar-refractivity contribution in [1.29, 1.82) is 0 Å². The molecular formula is C14H17ClFN3. The molecule has 102 valence electrons. The van der Waals surface area contributed by atoms with Crippen molar-refractivity contribution in [2.75, 3.05) is 5.32 Å². The normalized spacial score (nSPS) is 11.1. The van der Waals surface area contributed by atoms with Crippen molar-refractivity contribution in [2.24, 2.45) is 7.05 Å². The lowest BCUT2D eigenvalue weighted by atomic mass is 10.1. The van der Waals surface area contributed by atoms with Gasteiger partial charge in [-0.15, -0.1) is 0 Å². The highest BCUT2D eigenvalue weighted by atomic mass is 35.5. The highest BCUT2D eigenvalue weighted by Crippen LogP contribution is 2.22. The van der Waals surface area contributed by atoms with Gasteiger partial charge in [0.25, 0.3) is 0 Å². The quantitative estimate of drug-likeness (QED) is 0.920. The van der Waals surface area contributed by atoms with E-state index in [2.05, 4.69) is 24.3 Å². The molecule has 0 saturated heterocycles. The fraction of sp³-hybridized carbons (Fsp3) is 0.357. The van der Waals surface area contributed by atoms with Gasteiger partial charge < -0.3 is 5.32 Å². The summed E-state index contributed by atoms with van der Waals surface area (Å²) < 4.78 is 14.9. The number of hydrogen-bond donors (Lipinski definition) is 1. The van der Waals surface area contributed by atoms with E-state index >= 15 is 0 Å². The smallest absolute Gasteiger partial charge is 0.141 e. The van der Waals surface area contributed by atoms with Crippen molar-refractivity contribution in [2.45, 2.75) is 26.3 Å². The molecule has 19 heavy (non-hydrogen) atoms. The summed E-state index contributed by atoms with van der Waals surface area (Å²) in [6, 6.07) is 4.62. The van der Waals surface area contributed by atoms with Crippen LogP contribution in [0.15, 0.2) is 24.4 Å². The second-order valence-electron chi connectivity index (χ2n) is 4.85. The van der Waals surface area contributed by atoms with Crippen molar-refractivity contribution in [3.8, 4) is 0 Å². The summed E-state index contributed by atoms with van der Waals surface area (Å²) in [5.41, 5.74) is 3.01. The number of hydrogen-bond acceptors (Lipinski definition) is 2. The number of halogens is 2. The monoisotopic (exact) mass is 281 g/mol. The van der Waals surface area contributed by atoms with Gasteiger partial charge in [0.15, 0.2) is 0 Å². The summed E-state index contributed by atoms with van der Waals surface area (Å²) in [6.07, 6.45) is 1.99. The lowest BCUT2D eigenvalue weighted by Crippen LogP contribution is -2.02. The van der Waals surface area contributed by atoms with E-state index in [1.807, 2.05) is 17.9 Å². The number of benzene rings is 1. The Kier molecular flexibility index (Phi) is 4.10. The van der Waals surface area contributed by atoms with Crippen LogP contribution < -0.4 is 5.32 Å². The zero-order valence-corrected chi connectivity index (χ0v) is 12.0. The minimum Gasteiger partial charge on any atom is -0.381 e. The Hall–Kier alpha value is -1.55. The minimum atomic E-state index is -0.406. The van der Waals surface area contributed by atoms with Crippen LogP contribution in [0.4, 0.5) is 10.1 Å². The molecule has 1 heterocycles. The lowest BCUT2D eigenvalue weighted by Gasteiger charge is -2.08. The molecule has 0 aliphatic heterocycles. The first kappa shape index (κ1) is 13.9. The summed E-state index contributed by atoms with van der Waals surface area (Å²) in [5.74, 6) is -0.0359. The van der Waals surface area contributed by atoms with Crippen LogP contribution >= 0.6 is 11.6 Å². The van der Waals surface area contributed by atoms with Gasteiger partial charge in [-0.25, -0.2) is 4.39 Å². The minimum absolute atomic E-state index is 0.125. The van der Waals surface area contributed by atoms with Crippen molar-refractivity contribution in [3.05, 3.63) is 46.5 Å². The average Bonchev–Trinajstić information content (AvgIpc) is 2.72. The van der Waals surface area contributed by atoms with Gasteiger partial charge in [0.05, 0.1) is 10.7 Å². The van der Waals surface area contributed by atoms with Gasteiger partial charge >= 0.3 is 0 Å². The molecule has 0 spiro atoms.